The molecule has 2 aromatic rings. The lowest BCUT2D eigenvalue weighted by Crippen LogP contribution is -2.45. The average Bonchev–Trinajstić information content (AvgIpc) is 2.81. The number of carbonyl (C=O) groups excluding carboxylic acids is 1. The Morgan fingerprint density at radius 1 is 1.45 bits per heavy atom. The summed E-state index contributed by atoms with van der Waals surface area (Å²) in [6.45, 7) is 1.87. The molecule has 1 heterocycles. The van der Waals surface area contributed by atoms with Gasteiger partial charge in [-0.2, -0.15) is 5.26 Å². The summed E-state index contributed by atoms with van der Waals surface area (Å²) in [7, 11) is 0. The number of fused-ring (bicyclic) bond motifs is 1. The zero-order valence-electron chi connectivity index (χ0n) is 11.3. The average molecular weight is 268 g/mol. The highest BCUT2D eigenvalue weighted by Crippen LogP contribution is 2.40. The van der Waals surface area contributed by atoms with Crippen LogP contribution in [0.25, 0.3) is 11.0 Å². The molecule has 20 heavy (non-hydrogen) atoms. The number of benzene rings is 1. The molecule has 1 unspecified atom stereocenters. The zero-order valence-corrected chi connectivity index (χ0v) is 11.3. The topological polar surface area (TPSA) is 66.0 Å². The van der Waals surface area contributed by atoms with Gasteiger partial charge in [0.05, 0.1) is 12.1 Å². The maximum absolute atomic E-state index is 12.2. The van der Waals surface area contributed by atoms with Crippen molar-refractivity contribution < 1.29 is 9.21 Å². The van der Waals surface area contributed by atoms with Crippen molar-refractivity contribution in [1.82, 2.24) is 5.32 Å². The van der Waals surface area contributed by atoms with Gasteiger partial charge in [-0.3, -0.25) is 4.79 Å². The molecule has 0 radical (unpaired) electrons. The molecular formula is C16H16N2O2. The monoisotopic (exact) mass is 268 g/mol. The van der Waals surface area contributed by atoms with Crippen LogP contribution in [0.5, 0.6) is 0 Å². The maximum Gasteiger partial charge on any atom is 0.241 e. The number of nitriles is 1. The Bertz CT molecular complexity index is 659. The van der Waals surface area contributed by atoms with E-state index in [1.165, 1.54) is 0 Å². The van der Waals surface area contributed by atoms with Crippen molar-refractivity contribution in [3.8, 4) is 6.07 Å². The lowest BCUT2D eigenvalue weighted by Gasteiger charge is -2.34. The normalized spacial score (nSPS) is 18.0. The van der Waals surface area contributed by atoms with Crippen LogP contribution < -0.4 is 5.32 Å². The highest BCUT2D eigenvalue weighted by molar-refractivity contribution is 5.86. The number of para-hydroxylation sites is 1. The second-order valence-electron chi connectivity index (χ2n) is 5.43. The fourth-order valence-electron chi connectivity index (χ4n) is 2.54. The summed E-state index contributed by atoms with van der Waals surface area (Å²) in [6, 6.07) is 11.6. The molecule has 0 spiro atoms. The van der Waals surface area contributed by atoms with Gasteiger partial charge in [0.25, 0.3) is 0 Å². The number of nitrogens with zero attached hydrogens (tertiary/aromatic N) is 1. The second-order valence-corrected chi connectivity index (χ2v) is 5.43. The van der Waals surface area contributed by atoms with Crippen molar-refractivity contribution in [2.45, 2.75) is 32.2 Å². The Hall–Kier alpha value is -2.28. The first-order valence-electron chi connectivity index (χ1n) is 6.85. The van der Waals surface area contributed by atoms with Crippen molar-refractivity contribution in [3.05, 3.63) is 36.1 Å². The van der Waals surface area contributed by atoms with Gasteiger partial charge in [-0.1, -0.05) is 18.2 Å². The number of hydrogen-bond donors (Lipinski definition) is 1. The molecule has 1 fully saturated rings. The summed E-state index contributed by atoms with van der Waals surface area (Å²) in [5.41, 5.74) is -0.0115. The van der Waals surface area contributed by atoms with Gasteiger partial charge in [-0.25, -0.2) is 0 Å². The molecule has 0 bridgehead atoms. The van der Waals surface area contributed by atoms with E-state index < -0.39 is 5.41 Å². The van der Waals surface area contributed by atoms with E-state index >= 15 is 0 Å². The highest BCUT2D eigenvalue weighted by atomic mass is 16.3. The van der Waals surface area contributed by atoms with Crippen LogP contribution in [-0.2, 0) is 4.79 Å². The molecule has 1 atom stereocenters. The summed E-state index contributed by atoms with van der Waals surface area (Å²) in [6.07, 6.45) is 2.25. The van der Waals surface area contributed by atoms with Crippen molar-refractivity contribution in [3.63, 3.8) is 0 Å². The summed E-state index contributed by atoms with van der Waals surface area (Å²) >= 11 is 0. The molecule has 1 amide bonds. The van der Waals surface area contributed by atoms with Crippen LogP contribution in [0, 0.1) is 16.7 Å². The molecule has 102 valence electrons. The number of nitrogens with one attached hydrogen (secondary N) is 1. The Morgan fingerprint density at radius 3 is 2.80 bits per heavy atom. The predicted molar refractivity (Wildman–Crippen MR) is 74.7 cm³/mol. The standard InChI is InChI=1S/C16H16N2O2/c1-11(18-15(19)16(10-17)7-4-8-16)14-9-12-5-2-3-6-13(12)20-14/h2-3,5-6,9,11H,4,7-8H2,1H3,(H,18,19). The fourth-order valence-corrected chi connectivity index (χ4v) is 2.54. The molecule has 4 heteroatoms. The van der Waals surface area contributed by atoms with Crippen LogP contribution in [0.1, 0.15) is 38.0 Å². The van der Waals surface area contributed by atoms with E-state index in [0.717, 1.165) is 17.4 Å². The Kier molecular flexibility index (Phi) is 2.98. The number of hydrogen-bond acceptors (Lipinski definition) is 3. The largest absolute Gasteiger partial charge is 0.459 e. The molecule has 1 aliphatic rings. The number of carbonyl (C=O) groups is 1. The van der Waals surface area contributed by atoms with Crippen LogP contribution in [0.15, 0.2) is 34.7 Å². The van der Waals surface area contributed by atoms with Crippen molar-refractivity contribution in [2.75, 3.05) is 0 Å². The molecule has 0 saturated heterocycles. The van der Waals surface area contributed by atoms with E-state index in [9.17, 15) is 10.1 Å². The molecule has 1 aromatic carbocycles. The minimum absolute atomic E-state index is 0.181. The van der Waals surface area contributed by atoms with Gasteiger partial charge in [0, 0.05) is 5.39 Å². The van der Waals surface area contributed by atoms with Gasteiger partial charge < -0.3 is 9.73 Å². The first-order chi connectivity index (χ1) is 9.64. The van der Waals surface area contributed by atoms with E-state index in [1.807, 2.05) is 37.3 Å². The third-order valence-electron chi connectivity index (χ3n) is 4.07. The van der Waals surface area contributed by atoms with Crippen molar-refractivity contribution >= 4 is 16.9 Å². The quantitative estimate of drug-likeness (QED) is 0.928. The molecule has 3 rings (SSSR count). The van der Waals surface area contributed by atoms with Crippen LogP contribution in [-0.4, -0.2) is 5.91 Å². The second kappa shape index (κ2) is 4.68. The highest BCUT2D eigenvalue weighted by Gasteiger charge is 2.45. The van der Waals surface area contributed by atoms with Crippen molar-refractivity contribution in [2.24, 2.45) is 5.41 Å². The number of amides is 1. The smallest absolute Gasteiger partial charge is 0.241 e. The van der Waals surface area contributed by atoms with Crippen LogP contribution in [0.4, 0.5) is 0 Å². The van der Waals surface area contributed by atoms with Gasteiger partial charge in [-0.05, 0) is 38.3 Å². The Labute approximate surface area is 117 Å². The Morgan fingerprint density at radius 2 is 2.20 bits per heavy atom. The van der Waals surface area contributed by atoms with Crippen LogP contribution in [0.2, 0.25) is 0 Å². The fraction of sp³-hybridized carbons (Fsp3) is 0.375. The summed E-state index contributed by atoms with van der Waals surface area (Å²) in [5.74, 6) is 0.533. The minimum Gasteiger partial charge on any atom is -0.459 e. The Balaban J connectivity index is 1.77. The number of furan rings is 1. The summed E-state index contributed by atoms with van der Waals surface area (Å²) in [4.78, 5) is 12.2. The minimum atomic E-state index is -0.819. The zero-order chi connectivity index (χ0) is 14.2. The molecule has 1 N–H and O–H groups in total. The lowest BCUT2D eigenvalue weighted by atomic mass is 9.69. The molecule has 1 aromatic heterocycles. The number of rotatable bonds is 3. The van der Waals surface area contributed by atoms with E-state index in [1.54, 1.807) is 0 Å². The molecule has 0 aliphatic heterocycles. The molecule has 1 aliphatic carbocycles. The first-order valence-corrected chi connectivity index (χ1v) is 6.85. The third-order valence-corrected chi connectivity index (χ3v) is 4.07. The molecule has 1 saturated carbocycles. The maximum atomic E-state index is 12.2. The summed E-state index contributed by atoms with van der Waals surface area (Å²) < 4.78 is 5.73. The van der Waals surface area contributed by atoms with E-state index in [0.29, 0.717) is 18.6 Å². The van der Waals surface area contributed by atoms with Gasteiger partial charge in [-0.15, -0.1) is 0 Å². The third kappa shape index (κ3) is 1.96. The first kappa shape index (κ1) is 12.7. The molecular weight excluding hydrogens is 252 g/mol. The summed E-state index contributed by atoms with van der Waals surface area (Å²) in [5, 5.41) is 13.1. The predicted octanol–water partition coefficient (Wildman–Crippen LogP) is 3.30. The lowest BCUT2D eigenvalue weighted by molar-refractivity contribution is -0.132. The van der Waals surface area contributed by atoms with Gasteiger partial charge in [0.2, 0.25) is 5.91 Å². The van der Waals surface area contributed by atoms with Gasteiger partial charge in [0.1, 0.15) is 16.8 Å². The van der Waals surface area contributed by atoms with E-state index in [2.05, 4.69) is 11.4 Å². The van der Waals surface area contributed by atoms with E-state index in [-0.39, 0.29) is 11.9 Å². The van der Waals surface area contributed by atoms with E-state index in [4.69, 9.17) is 4.42 Å². The van der Waals surface area contributed by atoms with Crippen molar-refractivity contribution in [1.29, 1.82) is 5.26 Å². The van der Waals surface area contributed by atoms with Crippen LogP contribution in [0.3, 0.4) is 0 Å². The molecule has 4 nitrogen and oxygen atoms in total. The van der Waals surface area contributed by atoms with Crippen LogP contribution >= 0.6 is 0 Å². The SMILES string of the molecule is CC(NC(=O)C1(C#N)CCC1)c1cc2ccccc2o1. The van der Waals surface area contributed by atoms with Gasteiger partial charge >= 0.3 is 0 Å². The van der Waals surface area contributed by atoms with Gasteiger partial charge in [0.15, 0.2) is 0 Å².